The molecular weight excluding hydrogens is 478 g/mol. The van der Waals surface area contributed by atoms with Crippen molar-refractivity contribution < 1.29 is 13.2 Å². The summed E-state index contributed by atoms with van der Waals surface area (Å²) in [7, 11) is -0.506. The Labute approximate surface area is 211 Å². The van der Waals surface area contributed by atoms with Crippen LogP contribution in [0, 0.1) is 0 Å². The fourth-order valence-electron chi connectivity index (χ4n) is 5.19. The monoisotopic (exact) mass is 509 g/mol. The lowest BCUT2D eigenvalue weighted by molar-refractivity contribution is 0.206. The smallest absolute Gasteiger partial charge is 0.317 e. The minimum atomic E-state index is -3.51. The van der Waals surface area contributed by atoms with Crippen LogP contribution in [0.2, 0.25) is 0 Å². The number of nitrogen functional groups attached to an aromatic ring is 1. The van der Waals surface area contributed by atoms with Gasteiger partial charge in [0.15, 0.2) is 0 Å². The molecule has 3 N–H and O–H groups in total. The van der Waals surface area contributed by atoms with Crippen LogP contribution in [0.1, 0.15) is 25.5 Å². The average Bonchev–Trinajstić information content (AvgIpc) is 3.56. The number of pyridine rings is 1. The topological polar surface area (TPSA) is 126 Å². The zero-order chi connectivity index (χ0) is 25.7. The highest BCUT2D eigenvalue weighted by molar-refractivity contribution is 7.89. The number of benzene rings is 1. The van der Waals surface area contributed by atoms with E-state index in [-0.39, 0.29) is 16.3 Å². The SMILES string of the molecule is CCNC(=O)N1CC[C@@]2(CCn3nc(-c4cnc(N)c(-c5ccc(S(=O)(=O)N(C)C)cc5)c4)cc32)C1. The first-order valence-corrected chi connectivity index (χ1v) is 13.5. The number of fused-ring (bicyclic) bond motifs is 2. The number of carbonyl (C=O) groups excluding carboxylic acids is 1. The molecule has 0 radical (unpaired) electrons. The predicted molar refractivity (Wildman–Crippen MR) is 138 cm³/mol. The van der Waals surface area contributed by atoms with Crippen molar-refractivity contribution >= 4 is 21.9 Å². The van der Waals surface area contributed by atoms with Gasteiger partial charge in [-0.1, -0.05) is 12.1 Å². The number of anilines is 1. The number of amides is 2. The van der Waals surface area contributed by atoms with Crippen LogP contribution in [0.5, 0.6) is 0 Å². The van der Waals surface area contributed by atoms with Gasteiger partial charge in [-0.15, -0.1) is 0 Å². The lowest BCUT2D eigenvalue weighted by Crippen LogP contribution is -2.40. The number of hydrogen-bond donors (Lipinski definition) is 2. The number of urea groups is 1. The Bertz CT molecular complexity index is 1420. The third-order valence-electron chi connectivity index (χ3n) is 7.25. The van der Waals surface area contributed by atoms with E-state index in [4.69, 9.17) is 10.8 Å². The summed E-state index contributed by atoms with van der Waals surface area (Å²) >= 11 is 0. The summed E-state index contributed by atoms with van der Waals surface area (Å²) in [5.41, 5.74) is 10.4. The third kappa shape index (κ3) is 4.01. The van der Waals surface area contributed by atoms with Crippen molar-refractivity contribution in [3.8, 4) is 22.4 Å². The molecule has 5 rings (SSSR count). The van der Waals surface area contributed by atoms with Gasteiger partial charge in [0.2, 0.25) is 10.0 Å². The van der Waals surface area contributed by atoms with Gasteiger partial charge in [-0.2, -0.15) is 5.10 Å². The van der Waals surface area contributed by atoms with Crippen molar-refractivity contribution in [2.45, 2.75) is 36.6 Å². The van der Waals surface area contributed by atoms with Gasteiger partial charge in [-0.05, 0) is 49.6 Å². The molecule has 1 spiro atoms. The second kappa shape index (κ2) is 8.90. The predicted octanol–water partition coefficient (Wildman–Crippen LogP) is 2.52. The maximum atomic E-state index is 12.4. The summed E-state index contributed by atoms with van der Waals surface area (Å²) in [6.07, 6.45) is 3.60. The molecule has 2 amide bonds. The van der Waals surface area contributed by atoms with Crippen LogP contribution in [-0.2, 0) is 22.0 Å². The van der Waals surface area contributed by atoms with E-state index in [1.165, 1.54) is 18.4 Å². The maximum absolute atomic E-state index is 12.4. The Morgan fingerprint density at radius 2 is 1.86 bits per heavy atom. The van der Waals surface area contributed by atoms with E-state index in [9.17, 15) is 13.2 Å². The normalized spacial score (nSPS) is 19.3. The van der Waals surface area contributed by atoms with Crippen molar-refractivity contribution in [2.75, 3.05) is 39.5 Å². The highest BCUT2D eigenvalue weighted by Gasteiger charge is 2.46. The second-order valence-electron chi connectivity index (χ2n) is 9.64. The van der Waals surface area contributed by atoms with E-state index in [1.807, 2.05) is 22.6 Å². The number of nitrogens with one attached hydrogen (secondary N) is 1. The molecule has 0 saturated carbocycles. The van der Waals surface area contributed by atoms with Crippen LogP contribution < -0.4 is 11.1 Å². The number of rotatable bonds is 5. The number of nitrogens with two attached hydrogens (primary N) is 1. The molecule has 0 unspecified atom stereocenters. The fraction of sp³-hybridized carbons (Fsp3) is 0.400. The minimum absolute atomic E-state index is 0.00987. The lowest BCUT2D eigenvalue weighted by Gasteiger charge is -2.23. The van der Waals surface area contributed by atoms with Gasteiger partial charge in [-0.3, -0.25) is 4.68 Å². The first-order valence-electron chi connectivity index (χ1n) is 12.0. The van der Waals surface area contributed by atoms with Gasteiger partial charge in [0.1, 0.15) is 5.82 Å². The Hall–Kier alpha value is -3.44. The zero-order valence-corrected chi connectivity index (χ0v) is 21.5. The van der Waals surface area contributed by atoms with Gasteiger partial charge in [0.05, 0.1) is 10.6 Å². The van der Waals surface area contributed by atoms with Crippen LogP contribution in [0.3, 0.4) is 0 Å². The Morgan fingerprint density at radius 1 is 1.14 bits per heavy atom. The average molecular weight is 510 g/mol. The second-order valence-corrected chi connectivity index (χ2v) is 11.8. The highest BCUT2D eigenvalue weighted by atomic mass is 32.2. The summed E-state index contributed by atoms with van der Waals surface area (Å²) in [5, 5.41) is 7.75. The van der Waals surface area contributed by atoms with Gasteiger partial charge < -0.3 is 16.0 Å². The van der Waals surface area contributed by atoms with Crippen molar-refractivity contribution in [1.82, 2.24) is 29.3 Å². The van der Waals surface area contributed by atoms with Gasteiger partial charge >= 0.3 is 6.03 Å². The molecule has 190 valence electrons. The van der Waals surface area contributed by atoms with E-state index < -0.39 is 10.0 Å². The Kier molecular flexibility index (Phi) is 6.00. The molecule has 36 heavy (non-hydrogen) atoms. The van der Waals surface area contributed by atoms with E-state index in [0.717, 1.165) is 48.4 Å². The van der Waals surface area contributed by atoms with E-state index in [2.05, 4.69) is 16.4 Å². The van der Waals surface area contributed by atoms with Crippen molar-refractivity contribution in [3.63, 3.8) is 0 Å². The molecule has 4 heterocycles. The molecule has 1 fully saturated rings. The summed E-state index contributed by atoms with van der Waals surface area (Å²) in [4.78, 5) is 18.9. The number of carbonyl (C=O) groups is 1. The van der Waals surface area contributed by atoms with Crippen molar-refractivity contribution in [2.24, 2.45) is 0 Å². The molecule has 2 aromatic heterocycles. The van der Waals surface area contributed by atoms with Crippen LogP contribution >= 0.6 is 0 Å². The van der Waals surface area contributed by atoms with Gasteiger partial charge in [0, 0.05) is 68.7 Å². The van der Waals surface area contributed by atoms with Crippen LogP contribution in [0.25, 0.3) is 22.4 Å². The fourth-order valence-corrected chi connectivity index (χ4v) is 6.09. The first-order chi connectivity index (χ1) is 17.1. The number of nitrogens with zero attached hydrogens (tertiary/aromatic N) is 5. The molecule has 3 aromatic rings. The van der Waals surface area contributed by atoms with Crippen LogP contribution in [0.4, 0.5) is 10.6 Å². The van der Waals surface area contributed by atoms with Crippen LogP contribution in [0.15, 0.2) is 47.5 Å². The summed E-state index contributed by atoms with van der Waals surface area (Å²) in [6.45, 7) is 4.78. The van der Waals surface area contributed by atoms with Crippen molar-refractivity contribution in [1.29, 1.82) is 0 Å². The minimum Gasteiger partial charge on any atom is -0.383 e. The number of aromatic nitrogens is 3. The van der Waals surface area contributed by atoms with Crippen LogP contribution in [-0.4, -0.2) is 72.1 Å². The maximum Gasteiger partial charge on any atom is 0.317 e. The molecule has 0 aliphatic carbocycles. The molecule has 2 aliphatic rings. The summed E-state index contributed by atoms with van der Waals surface area (Å²) in [5.74, 6) is 0.360. The summed E-state index contributed by atoms with van der Waals surface area (Å²) < 4.78 is 28.0. The number of aryl methyl sites for hydroxylation is 1. The molecule has 1 atom stereocenters. The Morgan fingerprint density at radius 3 is 2.56 bits per heavy atom. The van der Waals surface area contributed by atoms with Gasteiger partial charge in [0.25, 0.3) is 0 Å². The molecule has 0 bridgehead atoms. The largest absolute Gasteiger partial charge is 0.383 e. The Balaban J connectivity index is 1.43. The van der Waals surface area contributed by atoms with Gasteiger partial charge in [-0.25, -0.2) is 22.5 Å². The van der Waals surface area contributed by atoms with E-state index in [1.54, 1.807) is 30.5 Å². The molecule has 10 nitrogen and oxygen atoms in total. The molecule has 1 aromatic carbocycles. The number of sulfonamides is 1. The highest BCUT2D eigenvalue weighted by Crippen LogP contribution is 2.44. The van der Waals surface area contributed by atoms with Crippen molar-refractivity contribution in [3.05, 3.63) is 48.3 Å². The lowest BCUT2D eigenvalue weighted by atomic mass is 9.82. The standard InChI is InChI=1S/C25H31N7O3S/c1-4-27-24(33)31-11-9-25(16-31)10-12-32-22(25)14-21(29-32)18-13-20(23(26)28-15-18)17-5-7-19(8-6-17)36(34,35)30(2)3/h5-8,13-15H,4,9-12,16H2,1-3H3,(H2,26,28)(H,27,33)/t25-/m1/s1. The van der Waals surface area contributed by atoms with E-state index >= 15 is 0 Å². The summed E-state index contributed by atoms with van der Waals surface area (Å²) in [6, 6.07) is 10.7. The quantitative estimate of drug-likeness (QED) is 0.544. The molecule has 2 aliphatic heterocycles. The molecule has 1 saturated heterocycles. The van der Waals surface area contributed by atoms with E-state index in [0.29, 0.717) is 24.5 Å². The molecular formula is C25H31N7O3S. The number of likely N-dealkylation sites (tertiary alicyclic amines) is 1. The third-order valence-corrected chi connectivity index (χ3v) is 9.08. The first kappa shape index (κ1) is 24.3. The number of hydrogen-bond acceptors (Lipinski definition) is 6. The molecule has 11 heteroatoms. The zero-order valence-electron chi connectivity index (χ0n) is 20.7.